The Hall–Kier alpha value is -2.31. The molecule has 6 heteroatoms. The first kappa shape index (κ1) is 17.5. The molecule has 25 heavy (non-hydrogen) atoms. The molecule has 1 saturated heterocycles. The topological polar surface area (TPSA) is 51.5 Å². The molecule has 2 heterocycles. The number of imidazole rings is 1. The maximum atomic E-state index is 5.64. The van der Waals surface area contributed by atoms with Crippen molar-refractivity contribution in [1.29, 1.82) is 0 Å². The summed E-state index contributed by atoms with van der Waals surface area (Å²) in [5.41, 5.74) is 1.20. The number of benzene rings is 1. The fourth-order valence-electron chi connectivity index (χ4n) is 3.20. The van der Waals surface area contributed by atoms with E-state index in [1.807, 2.05) is 25.5 Å². The Morgan fingerprint density at radius 3 is 3.00 bits per heavy atom. The van der Waals surface area contributed by atoms with Gasteiger partial charge in [0.2, 0.25) is 0 Å². The van der Waals surface area contributed by atoms with E-state index in [-0.39, 0.29) is 6.04 Å². The van der Waals surface area contributed by atoms with Crippen molar-refractivity contribution in [2.75, 3.05) is 33.4 Å². The first-order valence-corrected chi connectivity index (χ1v) is 8.55. The summed E-state index contributed by atoms with van der Waals surface area (Å²) in [6, 6.07) is 6.38. The number of aryl methyl sites for hydroxylation is 1. The molecule has 6 nitrogen and oxygen atoms in total. The first-order valence-electron chi connectivity index (χ1n) is 8.55. The lowest BCUT2D eigenvalue weighted by atomic mass is 10.1. The maximum Gasteiger partial charge on any atom is 0.161 e. The molecule has 0 saturated carbocycles. The molecule has 0 radical (unpaired) electrons. The molecule has 1 unspecified atom stereocenters. The minimum absolute atomic E-state index is 0.261. The van der Waals surface area contributed by atoms with Crippen LogP contribution < -0.4 is 14.8 Å². The second kappa shape index (κ2) is 8.18. The van der Waals surface area contributed by atoms with Crippen LogP contribution in [0.2, 0.25) is 0 Å². The zero-order valence-electron chi connectivity index (χ0n) is 14.9. The van der Waals surface area contributed by atoms with Gasteiger partial charge in [-0.3, -0.25) is 4.90 Å². The third kappa shape index (κ3) is 4.03. The Balaban J connectivity index is 1.77. The first-order chi connectivity index (χ1) is 12.2. The van der Waals surface area contributed by atoms with Crippen molar-refractivity contribution in [2.45, 2.75) is 12.6 Å². The van der Waals surface area contributed by atoms with Crippen molar-refractivity contribution in [3.05, 3.63) is 54.6 Å². The van der Waals surface area contributed by atoms with E-state index in [1.165, 1.54) is 5.56 Å². The Morgan fingerprint density at radius 1 is 1.40 bits per heavy atom. The highest BCUT2D eigenvalue weighted by Crippen LogP contribution is 2.30. The fourth-order valence-corrected chi connectivity index (χ4v) is 3.20. The van der Waals surface area contributed by atoms with Gasteiger partial charge >= 0.3 is 0 Å². The van der Waals surface area contributed by atoms with Crippen molar-refractivity contribution in [2.24, 2.45) is 7.05 Å². The highest BCUT2D eigenvalue weighted by Gasteiger charge is 2.26. The van der Waals surface area contributed by atoms with Crippen LogP contribution in [0.5, 0.6) is 11.5 Å². The molecule has 0 aliphatic carbocycles. The molecule has 3 rings (SSSR count). The predicted molar refractivity (Wildman–Crippen MR) is 97.9 cm³/mol. The zero-order chi connectivity index (χ0) is 17.6. The van der Waals surface area contributed by atoms with E-state index in [1.54, 1.807) is 13.2 Å². The molecular weight excluding hydrogens is 316 g/mol. The van der Waals surface area contributed by atoms with Crippen LogP contribution in [0.1, 0.15) is 17.4 Å². The van der Waals surface area contributed by atoms with Gasteiger partial charge in [0.05, 0.1) is 13.2 Å². The van der Waals surface area contributed by atoms with Gasteiger partial charge in [0.1, 0.15) is 12.4 Å². The molecule has 0 spiro atoms. The number of rotatable bonds is 7. The fraction of sp³-hybridized carbons (Fsp3) is 0.421. The van der Waals surface area contributed by atoms with E-state index in [0.29, 0.717) is 6.61 Å². The van der Waals surface area contributed by atoms with Crippen LogP contribution in [0.15, 0.2) is 43.2 Å². The molecule has 0 bridgehead atoms. The van der Waals surface area contributed by atoms with E-state index >= 15 is 0 Å². The van der Waals surface area contributed by atoms with Crippen molar-refractivity contribution in [1.82, 2.24) is 19.8 Å². The molecule has 1 fully saturated rings. The number of aromatic nitrogens is 2. The van der Waals surface area contributed by atoms with Crippen LogP contribution in [-0.2, 0) is 13.6 Å². The molecule has 1 aliphatic heterocycles. The smallest absolute Gasteiger partial charge is 0.161 e. The molecule has 1 aromatic carbocycles. The number of ether oxygens (including phenoxy) is 2. The standard InChI is InChI=1S/C19H26N4O2/c1-4-11-25-17-6-5-15(12-18(17)24-3)14-23-10-7-20-13-16(23)19-21-8-9-22(19)2/h4-6,8-9,12,16,20H,1,7,10-11,13-14H2,2-3H3. The molecule has 1 aromatic heterocycles. The summed E-state index contributed by atoms with van der Waals surface area (Å²) in [4.78, 5) is 7.00. The number of nitrogens with one attached hydrogen (secondary N) is 1. The Bertz CT molecular complexity index is 713. The average Bonchev–Trinajstić information content (AvgIpc) is 3.06. The van der Waals surface area contributed by atoms with E-state index in [4.69, 9.17) is 9.47 Å². The molecule has 2 aromatic rings. The van der Waals surface area contributed by atoms with E-state index in [0.717, 1.165) is 43.5 Å². The summed E-state index contributed by atoms with van der Waals surface area (Å²) in [6.45, 7) is 7.86. The van der Waals surface area contributed by atoms with Gasteiger partial charge in [-0.05, 0) is 17.7 Å². The van der Waals surface area contributed by atoms with Crippen LogP contribution in [0.4, 0.5) is 0 Å². The van der Waals surface area contributed by atoms with E-state index in [2.05, 4.69) is 38.5 Å². The van der Waals surface area contributed by atoms with Gasteiger partial charge in [-0.25, -0.2) is 4.98 Å². The summed E-state index contributed by atoms with van der Waals surface area (Å²) in [5, 5.41) is 3.47. The third-order valence-corrected chi connectivity index (χ3v) is 4.48. The van der Waals surface area contributed by atoms with Crippen molar-refractivity contribution in [3.8, 4) is 11.5 Å². The second-order valence-corrected chi connectivity index (χ2v) is 6.17. The lowest BCUT2D eigenvalue weighted by molar-refractivity contribution is 0.144. The van der Waals surface area contributed by atoms with Crippen LogP contribution in [0.25, 0.3) is 0 Å². The third-order valence-electron chi connectivity index (χ3n) is 4.48. The van der Waals surface area contributed by atoms with Gasteiger partial charge in [-0.1, -0.05) is 18.7 Å². The van der Waals surface area contributed by atoms with Crippen LogP contribution in [0, 0.1) is 0 Å². The number of nitrogens with zero attached hydrogens (tertiary/aromatic N) is 3. The number of methoxy groups -OCH3 is 1. The highest BCUT2D eigenvalue weighted by molar-refractivity contribution is 5.43. The summed E-state index contributed by atoms with van der Waals surface area (Å²) in [5.74, 6) is 2.58. The normalized spacial score (nSPS) is 18.1. The molecule has 1 aliphatic rings. The quantitative estimate of drug-likeness (QED) is 0.782. The summed E-state index contributed by atoms with van der Waals surface area (Å²) in [7, 11) is 3.71. The Labute approximate surface area is 149 Å². The highest BCUT2D eigenvalue weighted by atomic mass is 16.5. The van der Waals surface area contributed by atoms with Crippen molar-refractivity contribution in [3.63, 3.8) is 0 Å². The SMILES string of the molecule is C=CCOc1ccc(CN2CCNCC2c2nccn2C)cc1OC. The average molecular weight is 342 g/mol. The zero-order valence-corrected chi connectivity index (χ0v) is 14.9. The lowest BCUT2D eigenvalue weighted by Gasteiger charge is -2.35. The molecular formula is C19H26N4O2. The summed E-state index contributed by atoms with van der Waals surface area (Å²) >= 11 is 0. The van der Waals surface area contributed by atoms with Gasteiger partial charge in [0, 0.05) is 45.6 Å². The number of hydrogen-bond donors (Lipinski definition) is 1. The molecule has 134 valence electrons. The monoisotopic (exact) mass is 342 g/mol. The minimum Gasteiger partial charge on any atom is -0.493 e. The molecule has 1 N–H and O–H groups in total. The minimum atomic E-state index is 0.261. The Morgan fingerprint density at radius 2 is 2.28 bits per heavy atom. The largest absolute Gasteiger partial charge is 0.493 e. The molecule has 1 atom stereocenters. The van der Waals surface area contributed by atoms with Crippen molar-refractivity contribution < 1.29 is 9.47 Å². The van der Waals surface area contributed by atoms with Crippen LogP contribution in [-0.4, -0.2) is 47.8 Å². The van der Waals surface area contributed by atoms with Gasteiger partial charge in [-0.2, -0.15) is 0 Å². The number of hydrogen-bond acceptors (Lipinski definition) is 5. The summed E-state index contributed by atoms with van der Waals surface area (Å²) < 4.78 is 13.2. The van der Waals surface area contributed by atoms with Gasteiger partial charge < -0.3 is 19.4 Å². The summed E-state index contributed by atoms with van der Waals surface area (Å²) in [6.07, 6.45) is 5.58. The van der Waals surface area contributed by atoms with Crippen molar-refractivity contribution >= 4 is 0 Å². The van der Waals surface area contributed by atoms with Crippen LogP contribution >= 0.6 is 0 Å². The second-order valence-electron chi connectivity index (χ2n) is 6.17. The Kier molecular flexibility index (Phi) is 5.73. The van der Waals surface area contributed by atoms with E-state index in [9.17, 15) is 0 Å². The van der Waals surface area contributed by atoms with Gasteiger partial charge in [0.15, 0.2) is 11.5 Å². The molecule has 0 amide bonds. The number of piperazine rings is 1. The van der Waals surface area contributed by atoms with E-state index < -0.39 is 0 Å². The van der Waals surface area contributed by atoms with Gasteiger partial charge in [-0.15, -0.1) is 0 Å². The van der Waals surface area contributed by atoms with Gasteiger partial charge in [0.25, 0.3) is 0 Å². The van der Waals surface area contributed by atoms with Crippen LogP contribution in [0.3, 0.4) is 0 Å². The predicted octanol–water partition coefficient (Wildman–Crippen LogP) is 2.14. The maximum absolute atomic E-state index is 5.64. The lowest BCUT2D eigenvalue weighted by Crippen LogP contribution is -2.46.